The van der Waals surface area contributed by atoms with Crippen molar-refractivity contribution in [1.82, 2.24) is 4.98 Å². The van der Waals surface area contributed by atoms with Crippen LogP contribution < -0.4 is 0 Å². The van der Waals surface area contributed by atoms with Crippen LogP contribution in [0.1, 0.15) is 16.8 Å². The molecule has 3 heteroatoms. The van der Waals surface area contributed by atoms with E-state index in [9.17, 15) is 9.90 Å². The normalized spacial score (nSPS) is 11.3. The van der Waals surface area contributed by atoms with Crippen molar-refractivity contribution in [3.05, 3.63) is 65.5 Å². The van der Waals surface area contributed by atoms with Crippen molar-refractivity contribution in [3.63, 3.8) is 0 Å². The van der Waals surface area contributed by atoms with E-state index >= 15 is 0 Å². The Bertz CT molecular complexity index is 571. The average molecular weight is 239 g/mol. The van der Waals surface area contributed by atoms with Gasteiger partial charge in [0.2, 0.25) is 0 Å². The molecule has 0 atom stereocenters. The first-order valence-electron chi connectivity index (χ1n) is 5.60. The van der Waals surface area contributed by atoms with Crippen molar-refractivity contribution in [1.29, 1.82) is 0 Å². The van der Waals surface area contributed by atoms with Gasteiger partial charge in [0.15, 0.2) is 0 Å². The fourth-order valence-corrected chi connectivity index (χ4v) is 1.61. The number of carboxylic acids is 1. The monoisotopic (exact) mass is 239 g/mol. The molecule has 1 N–H and O–H groups in total. The van der Waals surface area contributed by atoms with E-state index in [1.807, 2.05) is 25.1 Å². The Kier molecular flexibility index (Phi) is 3.53. The molecule has 0 spiro atoms. The van der Waals surface area contributed by atoms with E-state index in [0.717, 1.165) is 5.56 Å². The molecule has 0 aliphatic rings. The molecule has 18 heavy (non-hydrogen) atoms. The molecule has 0 fully saturated rings. The molecule has 2 rings (SSSR count). The molecule has 0 aliphatic carbocycles. The lowest BCUT2D eigenvalue weighted by molar-refractivity contribution is -0.130. The van der Waals surface area contributed by atoms with Gasteiger partial charge in [-0.2, -0.15) is 0 Å². The summed E-state index contributed by atoms with van der Waals surface area (Å²) in [5.41, 5.74) is 2.66. The highest BCUT2D eigenvalue weighted by atomic mass is 16.4. The number of nitrogens with zero attached hydrogens (tertiary/aromatic N) is 1. The highest BCUT2D eigenvalue weighted by Crippen LogP contribution is 2.18. The van der Waals surface area contributed by atoms with Crippen molar-refractivity contribution in [3.8, 4) is 0 Å². The van der Waals surface area contributed by atoms with E-state index in [-0.39, 0.29) is 5.57 Å². The predicted octanol–water partition coefficient (Wildman–Crippen LogP) is 3.02. The van der Waals surface area contributed by atoms with Gasteiger partial charge in [-0.05, 0) is 30.7 Å². The van der Waals surface area contributed by atoms with Crippen LogP contribution in [-0.2, 0) is 4.79 Å². The number of aromatic nitrogens is 1. The Labute approximate surface area is 105 Å². The maximum atomic E-state index is 11.3. The van der Waals surface area contributed by atoms with Gasteiger partial charge in [-0.3, -0.25) is 4.98 Å². The molecule has 0 radical (unpaired) electrons. The molecule has 1 aromatic heterocycles. The average Bonchev–Trinajstić information content (AvgIpc) is 2.38. The Hall–Kier alpha value is -2.42. The Morgan fingerprint density at radius 3 is 2.44 bits per heavy atom. The van der Waals surface area contributed by atoms with Crippen molar-refractivity contribution in [2.24, 2.45) is 0 Å². The minimum Gasteiger partial charge on any atom is -0.478 e. The number of hydrogen-bond acceptors (Lipinski definition) is 2. The number of aryl methyl sites for hydroxylation is 1. The number of aliphatic carboxylic acids is 1. The lowest BCUT2D eigenvalue weighted by Crippen LogP contribution is -2.00. The van der Waals surface area contributed by atoms with E-state index in [1.54, 1.807) is 36.5 Å². The SMILES string of the molecule is Cc1ccc(C(=Cc2ccccn2)C(=O)O)cc1. The Morgan fingerprint density at radius 1 is 1.17 bits per heavy atom. The molecule has 0 saturated carbocycles. The summed E-state index contributed by atoms with van der Waals surface area (Å²) < 4.78 is 0. The first-order valence-corrected chi connectivity index (χ1v) is 5.60. The van der Waals surface area contributed by atoms with Crippen molar-refractivity contribution in [2.45, 2.75) is 6.92 Å². The summed E-state index contributed by atoms with van der Waals surface area (Å²) in [6.07, 6.45) is 3.22. The molecule has 0 amide bonds. The molecule has 90 valence electrons. The quantitative estimate of drug-likeness (QED) is 0.837. The standard InChI is InChI=1S/C15H13NO2/c1-11-5-7-12(8-6-11)14(15(17)18)10-13-4-2-3-9-16-13/h2-10H,1H3,(H,17,18). The number of pyridine rings is 1. The minimum atomic E-state index is -0.954. The maximum absolute atomic E-state index is 11.3. The maximum Gasteiger partial charge on any atom is 0.336 e. The molecule has 1 aromatic carbocycles. The molecule has 2 aromatic rings. The number of carbonyl (C=O) groups is 1. The van der Waals surface area contributed by atoms with Gasteiger partial charge in [0.1, 0.15) is 0 Å². The zero-order chi connectivity index (χ0) is 13.0. The zero-order valence-electron chi connectivity index (χ0n) is 10.00. The van der Waals surface area contributed by atoms with Gasteiger partial charge in [0.25, 0.3) is 0 Å². The summed E-state index contributed by atoms with van der Waals surface area (Å²) in [6, 6.07) is 12.8. The summed E-state index contributed by atoms with van der Waals surface area (Å²) in [6.45, 7) is 1.96. The molecule has 0 unspecified atom stereocenters. The molecule has 0 saturated heterocycles. The van der Waals surface area contributed by atoms with Gasteiger partial charge in [0.05, 0.1) is 11.3 Å². The van der Waals surface area contributed by atoms with E-state index in [4.69, 9.17) is 0 Å². The zero-order valence-corrected chi connectivity index (χ0v) is 10.00. The number of hydrogen-bond donors (Lipinski definition) is 1. The third-order valence-electron chi connectivity index (χ3n) is 2.57. The molecular formula is C15H13NO2. The highest BCUT2D eigenvalue weighted by molar-refractivity contribution is 6.20. The summed E-state index contributed by atoms with van der Waals surface area (Å²) >= 11 is 0. The molecule has 0 aliphatic heterocycles. The first-order chi connectivity index (χ1) is 8.66. The lowest BCUT2D eigenvalue weighted by atomic mass is 10.0. The highest BCUT2D eigenvalue weighted by Gasteiger charge is 2.10. The fourth-order valence-electron chi connectivity index (χ4n) is 1.61. The lowest BCUT2D eigenvalue weighted by Gasteiger charge is -2.03. The van der Waals surface area contributed by atoms with Crippen molar-refractivity contribution >= 4 is 17.6 Å². The van der Waals surface area contributed by atoms with Crippen LogP contribution >= 0.6 is 0 Å². The largest absolute Gasteiger partial charge is 0.478 e. The second-order valence-corrected chi connectivity index (χ2v) is 3.98. The van der Waals surface area contributed by atoms with E-state index in [2.05, 4.69) is 4.98 Å². The summed E-state index contributed by atoms with van der Waals surface area (Å²) in [5.74, 6) is -0.954. The topological polar surface area (TPSA) is 50.2 Å². The van der Waals surface area contributed by atoms with Crippen LogP contribution in [0.15, 0.2) is 48.7 Å². The number of carboxylic acid groups (broad SMARTS) is 1. The van der Waals surface area contributed by atoms with Crippen LogP contribution in [0.2, 0.25) is 0 Å². The first kappa shape index (κ1) is 12.0. The molecule has 1 heterocycles. The second kappa shape index (κ2) is 5.27. The van der Waals surface area contributed by atoms with Crippen molar-refractivity contribution in [2.75, 3.05) is 0 Å². The third kappa shape index (κ3) is 2.83. The summed E-state index contributed by atoms with van der Waals surface area (Å²) in [7, 11) is 0. The van der Waals surface area contributed by atoms with Gasteiger partial charge < -0.3 is 5.11 Å². The molecule has 3 nitrogen and oxygen atoms in total. The number of rotatable bonds is 3. The second-order valence-electron chi connectivity index (χ2n) is 3.98. The molecule has 0 bridgehead atoms. The van der Waals surface area contributed by atoms with Gasteiger partial charge in [0, 0.05) is 6.20 Å². The molecular weight excluding hydrogens is 226 g/mol. The van der Waals surface area contributed by atoms with E-state index in [0.29, 0.717) is 11.3 Å². The van der Waals surface area contributed by atoms with Gasteiger partial charge in [-0.1, -0.05) is 35.9 Å². The van der Waals surface area contributed by atoms with Crippen LogP contribution in [0.5, 0.6) is 0 Å². The van der Waals surface area contributed by atoms with Gasteiger partial charge in [-0.25, -0.2) is 4.79 Å². The Balaban J connectivity index is 2.44. The van der Waals surface area contributed by atoms with Crippen LogP contribution in [0.4, 0.5) is 0 Å². The van der Waals surface area contributed by atoms with Crippen LogP contribution in [-0.4, -0.2) is 16.1 Å². The van der Waals surface area contributed by atoms with Gasteiger partial charge in [-0.15, -0.1) is 0 Å². The van der Waals surface area contributed by atoms with Gasteiger partial charge >= 0.3 is 5.97 Å². The van der Waals surface area contributed by atoms with E-state index in [1.165, 1.54) is 0 Å². The minimum absolute atomic E-state index is 0.244. The van der Waals surface area contributed by atoms with Crippen LogP contribution in [0, 0.1) is 6.92 Å². The smallest absolute Gasteiger partial charge is 0.336 e. The van der Waals surface area contributed by atoms with Crippen LogP contribution in [0.3, 0.4) is 0 Å². The Morgan fingerprint density at radius 2 is 1.89 bits per heavy atom. The number of benzene rings is 1. The predicted molar refractivity (Wildman–Crippen MR) is 70.9 cm³/mol. The summed E-state index contributed by atoms with van der Waals surface area (Å²) in [5, 5.41) is 9.26. The van der Waals surface area contributed by atoms with Crippen molar-refractivity contribution < 1.29 is 9.90 Å². The third-order valence-corrected chi connectivity index (χ3v) is 2.57. The van der Waals surface area contributed by atoms with Crippen LogP contribution in [0.25, 0.3) is 11.6 Å². The van der Waals surface area contributed by atoms with E-state index < -0.39 is 5.97 Å². The fraction of sp³-hybridized carbons (Fsp3) is 0.0667. The summed E-state index contributed by atoms with van der Waals surface area (Å²) in [4.78, 5) is 15.4.